The lowest BCUT2D eigenvalue weighted by molar-refractivity contribution is 0.0224. The number of carbonyl (C=O) groups excluding carboxylic acids is 1. The van der Waals surface area contributed by atoms with Crippen molar-refractivity contribution in [1.82, 2.24) is 0 Å². The van der Waals surface area contributed by atoms with Gasteiger partial charge in [-0.25, -0.2) is 4.79 Å². The lowest BCUT2D eigenvalue weighted by Crippen LogP contribution is -2.33. The van der Waals surface area contributed by atoms with Gasteiger partial charge in [-0.2, -0.15) is 0 Å². The molecule has 0 atom stereocenters. The van der Waals surface area contributed by atoms with Crippen molar-refractivity contribution in [2.45, 2.75) is 5.60 Å². The number of hydrogen-bond acceptors (Lipinski definition) is 9. The van der Waals surface area contributed by atoms with Crippen LogP contribution in [0.1, 0.15) is 27.0 Å². The fourth-order valence-electron chi connectivity index (χ4n) is 4.15. The molecule has 7 rings (SSSR count). The van der Waals surface area contributed by atoms with Gasteiger partial charge >= 0.3 is 5.97 Å². The third-order valence-electron chi connectivity index (χ3n) is 5.50. The SMILES string of the molecule is O=C1OC2(c3ccc(N4N=N4)cc3Oc3cc(N4N=N4)ccc32)c2ccccc21. The van der Waals surface area contributed by atoms with E-state index in [1.165, 1.54) is 10.2 Å². The Bertz CT molecular complexity index is 1240. The van der Waals surface area contributed by atoms with Crippen molar-refractivity contribution in [3.8, 4) is 11.5 Å². The molecule has 9 heteroatoms. The zero-order valence-electron chi connectivity index (χ0n) is 14.7. The fraction of sp³-hybridized carbons (Fsp3) is 0.0500. The summed E-state index contributed by atoms with van der Waals surface area (Å²) in [5.41, 5.74) is 3.29. The quantitative estimate of drug-likeness (QED) is 0.610. The Morgan fingerprint density at radius 1 is 0.724 bits per heavy atom. The van der Waals surface area contributed by atoms with Gasteiger partial charge in [-0.1, -0.05) is 18.2 Å². The predicted octanol–water partition coefficient (Wildman–Crippen LogP) is 4.46. The van der Waals surface area contributed by atoms with Gasteiger partial charge in [-0.3, -0.25) is 0 Å². The van der Waals surface area contributed by atoms with Crippen LogP contribution in [0.3, 0.4) is 0 Å². The van der Waals surface area contributed by atoms with Gasteiger partial charge in [-0.05, 0) is 51.2 Å². The van der Waals surface area contributed by atoms with Gasteiger partial charge < -0.3 is 9.47 Å². The number of esters is 1. The maximum atomic E-state index is 12.8. The van der Waals surface area contributed by atoms with Crippen LogP contribution >= 0.6 is 0 Å². The van der Waals surface area contributed by atoms with Crippen molar-refractivity contribution in [3.05, 3.63) is 82.9 Å². The minimum absolute atomic E-state index is 0.362. The largest absolute Gasteiger partial charge is 0.456 e. The van der Waals surface area contributed by atoms with Crippen molar-refractivity contribution < 1.29 is 14.3 Å². The van der Waals surface area contributed by atoms with Crippen LogP contribution in [0.5, 0.6) is 11.5 Å². The zero-order chi connectivity index (χ0) is 19.2. The van der Waals surface area contributed by atoms with Gasteiger partial charge in [0.2, 0.25) is 0 Å². The highest BCUT2D eigenvalue weighted by molar-refractivity contribution is 5.97. The van der Waals surface area contributed by atoms with Crippen molar-refractivity contribution in [3.63, 3.8) is 0 Å². The molecule has 3 aromatic rings. The molecule has 4 aliphatic rings. The van der Waals surface area contributed by atoms with E-state index in [2.05, 4.69) is 20.9 Å². The van der Waals surface area contributed by atoms with E-state index in [0.29, 0.717) is 17.1 Å². The van der Waals surface area contributed by atoms with Gasteiger partial charge in [-0.15, -0.1) is 10.2 Å². The number of nitrogens with zero attached hydrogens (tertiary/aromatic N) is 6. The summed E-state index contributed by atoms with van der Waals surface area (Å²) in [5.74, 6) is 0.793. The summed E-state index contributed by atoms with van der Waals surface area (Å²) in [4.78, 5) is 12.8. The van der Waals surface area contributed by atoms with Crippen molar-refractivity contribution in [2.75, 3.05) is 10.2 Å². The number of fused-ring (bicyclic) bond motifs is 6. The Morgan fingerprint density at radius 2 is 1.31 bits per heavy atom. The predicted molar refractivity (Wildman–Crippen MR) is 99.4 cm³/mol. The Kier molecular flexibility index (Phi) is 2.42. The van der Waals surface area contributed by atoms with Crippen molar-refractivity contribution in [1.29, 1.82) is 0 Å². The highest BCUT2D eigenvalue weighted by atomic mass is 16.6. The second kappa shape index (κ2) is 4.76. The first-order chi connectivity index (χ1) is 14.2. The topological polar surface area (TPSA) is 91.0 Å². The van der Waals surface area contributed by atoms with Gasteiger partial charge in [0.05, 0.1) is 16.9 Å². The molecular formula is C20H10N6O3. The summed E-state index contributed by atoms with van der Waals surface area (Å²) in [6.07, 6.45) is 0. The molecule has 0 saturated carbocycles. The third-order valence-corrected chi connectivity index (χ3v) is 5.50. The highest BCUT2D eigenvalue weighted by Crippen LogP contribution is 2.57. The molecule has 0 N–H and O–H groups in total. The van der Waals surface area contributed by atoms with E-state index in [9.17, 15) is 4.79 Å². The Hall–Kier alpha value is -4.27. The Balaban J connectivity index is 1.52. The lowest BCUT2D eigenvalue weighted by Gasteiger charge is -2.36. The van der Waals surface area contributed by atoms with Crippen LogP contribution in [-0.4, -0.2) is 5.97 Å². The number of hydrogen-bond donors (Lipinski definition) is 0. The molecule has 0 unspecified atom stereocenters. The van der Waals surface area contributed by atoms with E-state index in [0.717, 1.165) is 28.1 Å². The van der Waals surface area contributed by atoms with Gasteiger partial charge in [0.15, 0.2) is 5.60 Å². The van der Waals surface area contributed by atoms with E-state index in [-0.39, 0.29) is 5.97 Å². The first-order valence-electron chi connectivity index (χ1n) is 8.97. The normalized spacial score (nSPS) is 18.1. The molecule has 0 amide bonds. The van der Waals surface area contributed by atoms with Crippen LogP contribution in [0.15, 0.2) is 81.6 Å². The first kappa shape index (κ1) is 14.7. The van der Waals surface area contributed by atoms with Crippen LogP contribution < -0.4 is 15.0 Å². The molecule has 0 bridgehead atoms. The van der Waals surface area contributed by atoms with E-state index >= 15 is 0 Å². The summed E-state index contributed by atoms with van der Waals surface area (Å²) in [6, 6.07) is 18.7. The number of ether oxygens (including phenoxy) is 2. The third kappa shape index (κ3) is 1.85. The van der Waals surface area contributed by atoms with E-state index in [1.54, 1.807) is 6.07 Å². The molecular weight excluding hydrogens is 372 g/mol. The minimum atomic E-state index is -1.09. The molecule has 0 aromatic heterocycles. The highest BCUT2D eigenvalue weighted by Gasteiger charge is 2.53. The number of rotatable bonds is 2. The van der Waals surface area contributed by atoms with E-state index in [4.69, 9.17) is 9.47 Å². The molecule has 0 aliphatic carbocycles. The summed E-state index contributed by atoms with van der Waals surface area (Å²) in [5, 5.41) is 18.3. The Morgan fingerprint density at radius 3 is 1.90 bits per heavy atom. The maximum absolute atomic E-state index is 12.8. The molecule has 4 heterocycles. The van der Waals surface area contributed by atoms with Crippen LogP contribution in [0.4, 0.5) is 11.4 Å². The molecule has 0 radical (unpaired) electrons. The van der Waals surface area contributed by atoms with Crippen LogP contribution in [-0.2, 0) is 10.3 Å². The van der Waals surface area contributed by atoms with E-state index < -0.39 is 5.60 Å². The van der Waals surface area contributed by atoms with Gasteiger partial charge in [0, 0.05) is 28.8 Å². The molecule has 0 fully saturated rings. The summed E-state index contributed by atoms with van der Waals surface area (Å²) < 4.78 is 12.3. The summed E-state index contributed by atoms with van der Waals surface area (Å²) in [6.45, 7) is 0. The standard InChI is InChI=1S/C20H10N6O3/c27-19-13-3-1-2-4-14(13)20(29-19)15-7-5-11(25-21-22-25)9-17(15)28-18-10-12(26-23-24-26)6-8-16(18)20/h1-10H. The number of benzene rings is 3. The van der Waals surface area contributed by atoms with Crippen LogP contribution in [0.2, 0.25) is 0 Å². The van der Waals surface area contributed by atoms with Gasteiger partial charge in [0.1, 0.15) is 11.5 Å². The molecule has 1 spiro atoms. The smallest absolute Gasteiger partial charge is 0.340 e. The summed E-state index contributed by atoms with van der Waals surface area (Å²) in [7, 11) is 0. The van der Waals surface area contributed by atoms with Crippen molar-refractivity contribution in [2.24, 2.45) is 20.9 Å². The van der Waals surface area contributed by atoms with Gasteiger partial charge in [0.25, 0.3) is 0 Å². The van der Waals surface area contributed by atoms with Crippen molar-refractivity contribution >= 4 is 17.3 Å². The molecule has 3 aromatic carbocycles. The second-order valence-corrected chi connectivity index (χ2v) is 7.02. The molecule has 29 heavy (non-hydrogen) atoms. The second-order valence-electron chi connectivity index (χ2n) is 7.02. The number of carbonyl (C=O) groups is 1. The summed E-state index contributed by atoms with van der Waals surface area (Å²) >= 11 is 0. The first-order valence-corrected chi connectivity index (χ1v) is 8.97. The molecule has 138 valence electrons. The monoisotopic (exact) mass is 382 g/mol. The lowest BCUT2D eigenvalue weighted by atomic mass is 9.77. The van der Waals surface area contributed by atoms with Crippen LogP contribution in [0, 0.1) is 0 Å². The molecule has 0 saturated heterocycles. The number of anilines is 2. The average molecular weight is 382 g/mol. The molecule has 4 aliphatic heterocycles. The maximum Gasteiger partial charge on any atom is 0.340 e. The average Bonchev–Trinajstić information content (AvgIpc) is 3.66. The van der Waals surface area contributed by atoms with E-state index in [1.807, 2.05) is 54.6 Å². The minimum Gasteiger partial charge on any atom is -0.456 e. The molecule has 9 nitrogen and oxygen atoms in total. The Labute approximate surface area is 163 Å². The fourth-order valence-corrected chi connectivity index (χ4v) is 4.15. The zero-order valence-corrected chi connectivity index (χ0v) is 14.7. The van der Waals surface area contributed by atoms with Crippen LogP contribution in [0.25, 0.3) is 0 Å².